The molecule has 154 valence electrons. The zero-order valence-electron chi connectivity index (χ0n) is 17.9. The first-order chi connectivity index (χ1) is 15.7. The summed E-state index contributed by atoms with van der Waals surface area (Å²) in [5.74, 6) is 1.98. The van der Waals surface area contributed by atoms with Gasteiger partial charge in [-0.15, -0.1) is 0 Å². The van der Waals surface area contributed by atoms with E-state index in [9.17, 15) is 0 Å². The van der Waals surface area contributed by atoms with Gasteiger partial charge in [-0.05, 0) is 56.6 Å². The topological polar surface area (TPSA) is 54.8 Å². The Kier molecular flexibility index (Phi) is 4.21. The molecule has 0 saturated heterocycles. The summed E-state index contributed by atoms with van der Waals surface area (Å²) >= 11 is 0. The molecule has 0 aliphatic heterocycles. The second kappa shape index (κ2) is 7.24. The number of hydrogen-bond acceptors (Lipinski definition) is 5. The Morgan fingerprint density at radius 3 is 1.78 bits per heavy atom. The maximum Gasteiger partial charge on any atom is 0.142 e. The minimum absolute atomic E-state index is 0.456. The standard InChI is InChI=1S/C27H21N5/c1-17(2)20-7-3-18-5-9-22-23(10-6-19-4-8-21(20)26(18)27(19)22)32(24-11-13-28-15-30-24)25-12-14-29-16-31-25/h3-17H,1-2H3. The van der Waals surface area contributed by atoms with E-state index in [1.165, 1.54) is 37.9 Å². The number of benzene rings is 4. The predicted molar refractivity (Wildman–Crippen MR) is 130 cm³/mol. The number of nitrogens with zero attached hydrogens (tertiary/aromatic N) is 5. The molecule has 0 N–H and O–H groups in total. The molecule has 5 nitrogen and oxygen atoms in total. The van der Waals surface area contributed by atoms with Crippen LogP contribution >= 0.6 is 0 Å². The Morgan fingerprint density at radius 1 is 0.625 bits per heavy atom. The highest BCUT2D eigenvalue weighted by Crippen LogP contribution is 2.43. The molecule has 0 spiro atoms. The predicted octanol–water partition coefficient (Wildman–Crippen LogP) is 6.76. The van der Waals surface area contributed by atoms with Gasteiger partial charge in [-0.1, -0.05) is 56.3 Å². The summed E-state index contributed by atoms with van der Waals surface area (Å²) in [6.07, 6.45) is 6.63. The Morgan fingerprint density at radius 2 is 1.19 bits per heavy atom. The lowest BCUT2D eigenvalue weighted by molar-refractivity contribution is 0.877. The summed E-state index contributed by atoms with van der Waals surface area (Å²) < 4.78 is 0. The Labute approximate surface area is 185 Å². The van der Waals surface area contributed by atoms with Crippen molar-refractivity contribution in [3.8, 4) is 0 Å². The van der Waals surface area contributed by atoms with Gasteiger partial charge in [0.15, 0.2) is 0 Å². The van der Waals surface area contributed by atoms with Crippen LogP contribution in [0.2, 0.25) is 0 Å². The van der Waals surface area contributed by atoms with E-state index in [-0.39, 0.29) is 0 Å². The van der Waals surface area contributed by atoms with Crippen molar-refractivity contribution in [2.75, 3.05) is 4.90 Å². The van der Waals surface area contributed by atoms with E-state index in [1.54, 1.807) is 25.0 Å². The van der Waals surface area contributed by atoms with E-state index in [0.717, 1.165) is 17.3 Å². The Hall–Kier alpha value is -4.12. The SMILES string of the molecule is CC(C)c1ccc2ccc3c(N(c4ccncn4)c4ccncn4)ccc4ccc1c2c43. The molecule has 32 heavy (non-hydrogen) atoms. The van der Waals surface area contributed by atoms with Crippen LogP contribution in [0.3, 0.4) is 0 Å². The average Bonchev–Trinajstić information content (AvgIpc) is 2.84. The summed E-state index contributed by atoms with van der Waals surface area (Å²) in [5.41, 5.74) is 2.40. The fraction of sp³-hybridized carbons (Fsp3) is 0.111. The molecule has 2 aromatic heterocycles. The van der Waals surface area contributed by atoms with Crippen LogP contribution in [0.1, 0.15) is 25.3 Å². The van der Waals surface area contributed by atoms with Crippen molar-refractivity contribution >= 4 is 49.6 Å². The monoisotopic (exact) mass is 415 g/mol. The second-order valence-corrected chi connectivity index (χ2v) is 8.29. The fourth-order valence-corrected chi connectivity index (χ4v) is 4.70. The Bertz CT molecular complexity index is 1510. The van der Waals surface area contributed by atoms with Crippen LogP contribution in [0.4, 0.5) is 17.3 Å². The average molecular weight is 416 g/mol. The molecule has 0 fully saturated rings. The van der Waals surface area contributed by atoms with Gasteiger partial charge in [0.2, 0.25) is 0 Å². The highest BCUT2D eigenvalue weighted by Gasteiger charge is 2.20. The van der Waals surface area contributed by atoms with Gasteiger partial charge in [0.25, 0.3) is 0 Å². The molecule has 0 unspecified atom stereocenters. The van der Waals surface area contributed by atoms with Crippen LogP contribution in [0, 0.1) is 0 Å². The summed E-state index contributed by atoms with van der Waals surface area (Å²) in [4.78, 5) is 19.3. The van der Waals surface area contributed by atoms with Gasteiger partial charge in [0.1, 0.15) is 24.3 Å². The molecule has 5 heteroatoms. The third-order valence-corrected chi connectivity index (χ3v) is 6.13. The molecular weight excluding hydrogens is 394 g/mol. The van der Waals surface area contributed by atoms with E-state index in [0.29, 0.717) is 5.92 Å². The summed E-state index contributed by atoms with van der Waals surface area (Å²) in [5, 5.41) is 7.57. The van der Waals surface area contributed by atoms with Gasteiger partial charge >= 0.3 is 0 Å². The molecule has 0 amide bonds. The maximum absolute atomic E-state index is 4.53. The van der Waals surface area contributed by atoms with Crippen molar-refractivity contribution in [2.45, 2.75) is 19.8 Å². The third-order valence-electron chi connectivity index (χ3n) is 6.13. The number of aromatic nitrogens is 4. The first kappa shape index (κ1) is 18.6. The van der Waals surface area contributed by atoms with Crippen LogP contribution in [-0.2, 0) is 0 Å². The van der Waals surface area contributed by atoms with Crippen molar-refractivity contribution in [1.29, 1.82) is 0 Å². The lowest BCUT2D eigenvalue weighted by atomic mass is 9.88. The molecule has 0 bridgehead atoms. The summed E-state index contributed by atoms with van der Waals surface area (Å²) in [6.45, 7) is 4.51. The first-order valence-electron chi connectivity index (χ1n) is 10.7. The Balaban J connectivity index is 1.72. The smallest absolute Gasteiger partial charge is 0.142 e. The van der Waals surface area contributed by atoms with Crippen molar-refractivity contribution < 1.29 is 0 Å². The van der Waals surface area contributed by atoms with Crippen molar-refractivity contribution in [1.82, 2.24) is 19.9 Å². The molecule has 2 heterocycles. The molecule has 4 aromatic carbocycles. The lowest BCUT2D eigenvalue weighted by Gasteiger charge is -2.25. The molecule has 0 aliphatic rings. The molecule has 6 aromatic rings. The summed E-state index contributed by atoms with van der Waals surface area (Å²) in [7, 11) is 0. The van der Waals surface area contributed by atoms with Crippen LogP contribution in [-0.4, -0.2) is 19.9 Å². The van der Waals surface area contributed by atoms with Gasteiger partial charge in [-0.3, -0.25) is 4.90 Å². The quantitative estimate of drug-likeness (QED) is 0.298. The van der Waals surface area contributed by atoms with E-state index < -0.39 is 0 Å². The largest absolute Gasteiger partial charge is 0.278 e. The highest BCUT2D eigenvalue weighted by molar-refractivity contribution is 6.26. The van der Waals surface area contributed by atoms with E-state index in [1.807, 2.05) is 12.1 Å². The molecule has 0 atom stereocenters. The van der Waals surface area contributed by atoms with Gasteiger partial charge < -0.3 is 0 Å². The molecule has 6 rings (SSSR count). The third kappa shape index (κ3) is 2.78. The van der Waals surface area contributed by atoms with Crippen LogP contribution in [0.25, 0.3) is 32.3 Å². The van der Waals surface area contributed by atoms with Crippen molar-refractivity contribution in [2.24, 2.45) is 0 Å². The van der Waals surface area contributed by atoms with Crippen molar-refractivity contribution in [3.63, 3.8) is 0 Å². The number of anilines is 3. The highest BCUT2D eigenvalue weighted by atomic mass is 15.2. The molecular formula is C27H21N5. The molecule has 0 aliphatic carbocycles. The van der Waals surface area contributed by atoms with Crippen LogP contribution in [0.15, 0.2) is 85.7 Å². The van der Waals surface area contributed by atoms with Crippen LogP contribution < -0.4 is 4.90 Å². The molecule has 0 saturated carbocycles. The van der Waals surface area contributed by atoms with Crippen LogP contribution in [0.5, 0.6) is 0 Å². The van der Waals surface area contributed by atoms with Gasteiger partial charge in [-0.2, -0.15) is 0 Å². The number of hydrogen-bond donors (Lipinski definition) is 0. The van der Waals surface area contributed by atoms with E-state index in [4.69, 9.17) is 0 Å². The zero-order valence-corrected chi connectivity index (χ0v) is 17.9. The van der Waals surface area contributed by atoms with Gasteiger partial charge in [-0.25, -0.2) is 19.9 Å². The van der Waals surface area contributed by atoms with Gasteiger partial charge in [0, 0.05) is 17.8 Å². The maximum atomic E-state index is 4.53. The zero-order chi connectivity index (χ0) is 21.7. The fourth-order valence-electron chi connectivity index (χ4n) is 4.70. The van der Waals surface area contributed by atoms with Gasteiger partial charge in [0.05, 0.1) is 5.69 Å². The normalized spacial score (nSPS) is 11.7. The number of rotatable bonds is 4. The minimum Gasteiger partial charge on any atom is -0.278 e. The van der Waals surface area contributed by atoms with E-state index in [2.05, 4.69) is 87.2 Å². The first-order valence-corrected chi connectivity index (χ1v) is 10.7. The second-order valence-electron chi connectivity index (χ2n) is 8.29. The van der Waals surface area contributed by atoms with Crippen molar-refractivity contribution in [3.05, 3.63) is 91.3 Å². The lowest BCUT2D eigenvalue weighted by Crippen LogP contribution is -2.13. The summed E-state index contributed by atoms with van der Waals surface area (Å²) in [6, 6.07) is 21.6. The minimum atomic E-state index is 0.456. The molecule has 0 radical (unpaired) electrons. The van der Waals surface area contributed by atoms with E-state index >= 15 is 0 Å².